The molecule has 1 aliphatic rings. The number of rotatable bonds is 3. The summed E-state index contributed by atoms with van der Waals surface area (Å²) in [6, 6.07) is 0. The first-order chi connectivity index (χ1) is 5.74. The van der Waals surface area contributed by atoms with Gasteiger partial charge in [-0.25, -0.2) is 0 Å². The average molecular weight is 186 g/mol. The Balaban J connectivity index is 2.24. The van der Waals surface area contributed by atoms with Crippen LogP contribution >= 0.6 is 11.8 Å². The third-order valence-corrected chi connectivity index (χ3v) is 2.72. The predicted molar refractivity (Wildman–Crippen MR) is 46.8 cm³/mol. The van der Waals surface area contributed by atoms with Crippen molar-refractivity contribution in [3.05, 3.63) is 11.5 Å². The zero-order valence-corrected chi connectivity index (χ0v) is 7.60. The molecule has 0 saturated carbocycles. The molecule has 0 bridgehead atoms. The molecule has 0 spiro atoms. The number of allylic oxidation sites excluding steroid dienone is 1. The van der Waals surface area contributed by atoms with Gasteiger partial charge >= 0.3 is 5.97 Å². The topological polar surface area (TPSA) is 43.4 Å². The van der Waals surface area contributed by atoms with Gasteiger partial charge in [0.05, 0.1) is 12.4 Å². The van der Waals surface area contributed by atoms with Crippen LogP contribution in [0.3, 0.4) is 0 Å². The van der Waals surface area contributed by atoms with E-state index in [1.807, 2.05) is 0 Å². The van der Waals surface area contributed by atoms with Crippen molar-refractivity contribution in [3.63, 3.8) is 0 Å². The lowest BCUT2D eigenvalue weighted by Crippen LogP contribution is -2.13. The van der Waals surface area contributed by atoms with Crippen molar-refractivity contribution < 1.29 is 14.3 Å². The zero-order chi connectivity index (χ0) is 8.97. The Bertz CT molecular complexity index is 222. The Labute approximate surface area is 75.2 Å². The molecule has 4 heteroatoms. The molecule has 66 valence electrons. The van der Waals surface area contributed by atoms with Crippen LogP contribution in [0.1, 0.15) is 12.8 Å². The van der Waals surface area contributed by atoms with E-state index in [0.29, 0.717) is 12.8 Å². The third-order valence-electron chi connectivity index (χ3n) is 1.63. The molecule has 1 aliphatic heterocycles. The molecule has 3 nitrogen and oxygen atoms in total. The van der Waals surface area contributed by atoms with Gasteiger partial charge in [0.25, 0.3) is 0 Å². The summed E-state index contributed by atoms with van der Waals surface area (Å²) in [5.74, 6) is -0.154. The van der Waals surface area contributed by atoms with Crippen LogP contribution in [0, 0.1) is 0 Å². The van der Waals surface area contributed by atoms with Gasteiger partial charge in [-0.15, -0.1) is 11.8 Å². The van der Waals surface area contributed by atoms with Gasteiger partial charge in [0.2, 0.25) is 0 Å². The van der Waals surface area contributed by atoms with Crippen molar-refractivity contribution in [1.29, 1.82) is 0 Å². The summed E-state index contributed by atoms with van der Waals surface area (Å²) in [7, 11) is 1.35. The highest BCUT2D eigenvalue weighted by Gasteiger charge is 2.21. The minimum absolute atomic E-state index is 0.0656. The van der Waals surface area contributed by atoms with Crippen LogP contribution in [-0.4, -0.2) is 24.1 Å². The summed E-state index contributed by atoms with van der Waals surface area (Å²) in [6.07, 6.45) is 2.44. The van der Waals surface area contributed by atoms with E-state index in [4.69, 9.17) is 0 Å². The summed E-state index contributed by atoms with van der Waals surface area (Å²) in [6.45, 7) is 0. The van der Waals surface area contributed by atoms with Gasteiger partial charge in [-0.3, -0.25) is 9.59 Å². The van der Waals surface area contributed by atoms with Gasteiger partial charge in [-0.1, -0.05) is 0 Å². The van der Waals surface area contributed by atoms with Crippen molar-refractivity contribution in [2.24, 2.45) is 0 Å². The number of hydrogen-bond donors (Lipinski definition) is 0. The molecule has 0 aromatic rings. The first kappa shape index (κ1) is 9.32. The van der Waals surface area contributed by atoms with E-state index in [1.165, 1.54) is 18.9 Å². The lowest BCUT2D eigenvalue weighted by molar-refractivity contribution is -0.140. The smallest absolute Gasteiger partial charge is 0.305 e. The van der Waals surface area contributed by atoms with Gasteiger partial charge in [-0.2, -0.15) is 0 Å². The first-order valence-electron chi connectivity index (χ1n) is 3.66. The molecule has 1 atom stereocenters. The second-order valence-corrected chi connectivity index (χ2v) is 3.56. The molecule has 0 aromatic heterocycles. The van der Waals surface area contributed by atoms with Gasteiger partial charge in [0.15, 0.2) is 5.78 Å². The third kappa shape index (κ3) is 2.37. The van der Waals surface area contributed by atoms with Gasteiger partial charge in [0.1, 0.15) is 0 Å². The number of thioether (sulfide) groups is 1. The zero-order valence-electron chi connectivity index (χ0n) is 6.78. The molecule has 0 aromatic carbocycles. The van der Waals surface area contributed by atoms with Crippen molar-refractivity contribution in [2.75, 3.05) is 7.11 Å². The van der Waals surface area contributed by atoms with Crippen molar-refractivity contribution >= 4 is 23.5 Å². The maximum atomic E-state index is 11.0. The second-order valence-electron chi connectivity index (χ2n) is 2.44. The number of ketones is 1. The number of esters is 1. The molecule has 12 heavy (non-hydrogen) atoms. The molecule has 0 saturated heterocycles. The first-order valence-corrected chi connectivity index (χ1v) is 4.61. The van der Waals surface area contributed by atoms with Crippen LogP contribution in [0.4, 0.5) is 0 Å². The fraction of sp³-hybridized carbons (Fsp3) is 0.500. The van der Waals surface area contributed by atoms with Crippen molar-refractivity contribution in [3.8, 4) is 0 Å². The van der Waals surface area contributed by atoms with Crippen LogP contribution in [0.25, 0.3) is 0 Å². The van der Waals surface area contributed by atoms with E-state index in [9.17, 15) is 9.59 Å². The van der Waals surface area contributed by atoms with E-state index < -0.39 is 0 Å². The van der Waals surface area contributed by atoms with E-state index in [0.717, 1.165) is 0 Å². The van der Waals surface area contributed by atoms with Gasteiger partial charge < -0.3 is 4.74 Å². The lowest BCUT2D eigenvalue weighted by Gasteiger charge is -2.04. The number of hydrogen-bond acceptors (Lipinski definition) is 4. The lowest BCUT2D eigenvalue weighted by atomic mass is 10.2. The maximum Gasteiger partial charge on any atom is 0.305 e. The predicted octanol–water partition coefficient (Wildman–Crippen LogP) is 1.14. The van der Waals surface area contributed by atoms with Gasteiger partial charge in [-0.05, 0) is 17.9 Å². The largest absolute Gasteiger partial charge is 0.469 e. The van der Waals surface area contributed by atoms with E-state index in [2.05, 4.69) is 4.74 Å². The maximum absolute atomic E-state index is 11.0. The van der Waals surface area contributed by atoms with E-state index in [1.54, 1.807) is 11.5 Å². The molecular weight excluding hydrogens is 176 g/mol. The SMILES string of the molecule is COC(=O)CCC1SC=CC1=O. The average Bonchev–Trinajstić information content (AvgIpc) is 2.47. The normalized spacial score (nSPS) is 21.4. The minimum Gasteiger partial charge on any atom is -0.469 e. The van der Waals surface area contributed by atoms with Crippen LogP contribution in [0.5, 0.6) is 0 Å². The monoisotopic (exact) mass is 186 g/mol. The summed E-state index contributed by atoms with van der Waals surface area (Å²) in [5.41, 5.74) is 0. The minimum atomic E-state index is -0.254. The number of carbonyl (C=O) groups excluding carboxylic acids is 2. The van der Waals surface area contributed by atoms with Crippen LogP contribution < -0.4 is 0 Å². The summed E-state index contributed by atoms with van der Waals surface area (Å²) < 4.78 is 4.47. The van der Waals surface area contributed by atoms with Gasteiger partial charge in [0, 0.05) is 6.42 Å². The number of carbonyl (C=O) groups is 2. The molecule has 0 aliphatic carbocycles. The standard InChI is InChI=1S/C8H10O3S/c1-11-8(10)3-2-7-6(9)4-5-12-7/h4-5,7H,2-3H2,1H3. The molecule has 0 amide bonds. The van der Waals surface area contributed by atoms with Crippen LogP contribution in [0.15, 0.2) is 11.5 Å². The molecular formula is C8H10O3S. The van der Waals surface area contributed by atoms with E-state index >= 15 is 0 Å². The highest BCUT2D eigenvalue weighted by Crippen LogP contribution is 2.24. The molecule has 1 rings (SSSR count). The fourth-order valence-corrected chi connectivity index (χ4v) is 1.81. The Morgan fingerprint density at radius 3 is 3.00 bits per heavy atom. The number of ether oxygens (including phenoxy) is 1. The Morgan fingerprint density at radius 1 is 1.75 bits per heavy atom. The molecule has 0 N–H and O–H groups in total. The van der Waals surface area contributed by atoms with Crippen LogP contribution in [-0.2, 0) is 14.3 Å². The number of methoxy groups -OCH3 is 1. The van der Waals surface area contributed by atoms with Crippen LogP contribution in [0.2, 0.25) is 0 Å². The highest BCUT2D eigenvalue weighted by atomic mass is 32.2. The molecule has 0 radical (unpaired) electrons. The highest BCUT2D eigenvalue weighted by molar-refractivity contribution is 8.03. The quantitative estimate of drug-likeness (QED) is 0.620. The van der Waals surface area contributed by atoms with E-state index in [-0.39, 0.29) is 17.0 Å². The Hall–Kier alpha value is -0.770. The van der Waals surface area contributed by atoms with Crippen molar-refractivity contribution in [1.82, 2.24) is 0 Å². The summed E-state index contributed by atoms with van der Waals surface area (Å²) in [5, 5.41) is 1.70. The Morgan fingerprint density at radius 2 is 2.50 bits per heavy atom. The van der Waals surface area contributed by atoms with Crippen molar-refractivity contribution in [2.45, 2.75) is 18.1 Å². The fourth-order valence-electron chi connectivity index (χ4n) is 0.937. The molecule has 1 unspecified atom stereocenters. The second kappa shape index (κ2) is 4.30. The molecule has 0 fully saturated rings. The molecule has 1 heterocycles. The summed E-state index contributed by atoms with van der Waals surface area (Å²) >= 11 is 1.47. The Kier molecular flexibility index (Phi) is 3.34. The summed E-state index contributed by atoms with van der Waals surface area (Å²) in [4.78, 5) is 21.7.